The van der Waals surface area contributed by atoms with E-state index in [1.807, 2.05) is 0 Å². The van der Waals surface area contributed by atoms with E-state index >= 15 is 0 Å². The van der Waals surface area contributed by atoms with Crippen molar-refractivity contribution in [3.05, 3.63) is 35.4 Å². The molecule has 1 aliphatic rings. The van der Waals surface area contributed by atoms with E-state index in [2.05, 4.69) is 50.1 Å². The predicted molar refractivity (Wildman–Crippen MR) is 72.8 cm³/mol. The average Bonchev–Trinajstić information content (AvgIpc) is 2.65. The fourth-order valence-corrected chi connectivity index (χ4v) is 2.68. The molecule has 0 spiro atoms. The fraction of sp³-hybridized carbons (Fsp3) is 0.600. The molecule has 0 heterocycles. The largest absolute Gasteiger partial charge is 0.324 e. The van der Waals surface area contributed by atoms with Crippen molar-refractivity contribution in [3.8, 4) is 0 Å². The first-order chi connectivity index (χ1) is 8.09. The lowest BCUT2D eigenvalue weighted by molar-refractivity contribution is 0.225. The first-order valence-corrected chi connectivity index (χ1v) is 6.64. The van der Waals surface area contributed by atoms with E-state index in [1.165, 1.54) is 17.5 Å². The van der Waals surface area contributed by atoms with Crippen LogP contribution in [0.4, 0.5) is 0 Å². The average molecular weight is 232 g/mol. The van der Waals surface area contributed by atoms with E-state index in [4.69, 9.17) is 5.73 Å². The molecule has 0 saturated carbocycles. The van der Waals surface area contributed by atoms with E-state index in [0.29, 0.717) is 6.04 Å². The third-order valence-electron chi connectivity index (χ3n) is 3.82. The topological polar surface area (TPSA) is 29.3 Å². The quantitative estimate of drug-likeness (QED) is 0.864. The number of rotatable bonds is 4. The number of nitrogens with zero attached hydrogens (tertiary/aromatic N) is 1. The Labute approximate surface area is 105 Å². The summed E-state index contributed by atoms with van der Waals surface area (Å²) in [6.45, 7) is 5.72. The second-order valence-corrected chi connectivity index (χ2v) is 5.65. The van der Waals surface area contributed by atoms with Crippen LogP contribution >= 0.6 is 0 Å². The highest BCUT2D eigenvalue weighted by Gasteiger charge is 2.30. The van der Waals surface area contributed by atoms with Crippen LogP contribution in [0.2, 0.25) is 0 Å². The van der Waals surface area contributed by atoms with Crippen LogP contribution in [0.15, 0.2) is 24.3 Å². The molecule has 1 aliphatic carbocycles. The molecule has 2 heteroatoms. The summed E-state index contributed by atoms with van der Waals surface area (Å²) in [6, 6.07) is 9.36. The summed E-state index contributed by atoms with van der Waals surface area (Å²) in [6.07, 6.45) is 2.32. The molecule has 0 aromatic heterocycles. The molecular weight excluding hydrogens is 208 g/mol. The molecule has 0 fully saturated rings. The molecule has 94 valence electrons. The van der Waals surface area contributed by atoms with E-state index in [0.717, 1.165) is 18.9 Å². The molecule has 0 amide bonds. The van der Waals surface area contributed by atoms with Crippen molar-refractivity contribution in [2.45, 2.75) is 38.8 Å². The van der Waals surface area contributed by atoms with Crippen LogP contribution in [0, 0.1) is 5.92 Å². The van der Waals surface area contributed by atoms with Gasteiger partial charge in [0.2, 0.25) is 0 Å². The van der Waals surface area contributed by atoms with Gasteiger partial charge in [0.15, 0.2) is 0 Å². The molecule has 0 saturated heterocycles. The van der Waals surface area contributed by atoms with E-state index < -0.39 is 0 Å². The summed E-state index contributed by atoms with van der Waals surface area (Å²) >= 11 is 0. The van der Waals surface area contributed by atoms with Crippen LogP contribution in [0.25, 0.3) is 0 Å². The molecule has 17 heavy (non-hydrogen) atoms. The Balaban J connectivity index is 2.08. The van der Waals surface area contributed by atoms with Gasteiger partial charge in [-0.15, -0.1) is 0 Å². The first-order valence-electron chi connectivity index (χ1n) is 6.64. The fourth-order valence-electron chi connectivity index (χ4n) is 2.68. The number of fused-ring (bicyclic) bond motifs is 1. The minimum atomic E-state index is 0.220. The lowest BCUT2D eigenvalue weighted by Crippen LogP contribution is -2.25. The van der Waals surface area contributed by atoms with E-state index in [1.54, 1.807) is 0 Å². The highest BCUT2D eigenvalue weighted by atomic mass is 15.1. The molecule has 0 bridgehead atoms. The van der Waals surface area contributed by atoms with Gasteiger partial charge in [0.25, 0.3) is 0 Å². The monoisotopic (exact) mass is 232 g/mol. The molecule has 2 nitrogen and oxygen atoms in total. The van der Waals surface area contributed by atoms with Crippen LogP contribution in [-0.4, -0.2) is 18.5 Å². The number of nitrogens with two attached hydrogens (primary N) is 1. The normalized spacial score (nSPS) is 23.4. The van der Waals surface area contributed by atoms with Gasteiger partial charge < -0.3 is 5.73 Å². The highest BCUT2D eigenvalue weighted by molar-refractivity contribution is 5.37. The second kappa shape index (κ2) is 5.19. The molecule has 0 radical (unpaired) electrons. The molecule has 0 aliphatic heterocycles. The predicted octanol–water partition coefficient (Wildman–Crippen LogP) is 3.11. The van der Waals surface area contributed by atoms with Crippen LogP contribution in [-0.2, 0) is 0 Å². The van der Waals surface area contributed by atoms with Crippen molar-refractivity contribution < 1.29 is 0 Å². The Kier molecular flexibility index (Phi) is 3.85. The second-order valence-electron chi connectivity index (χ2n) is 5.65. The maximum absolute atomic E-state index is 6.20. The molecule has 1 aromatic rings. The minimum Gasteiger partial charge on any atom is -0.324 e. The van der Waals surface area contributed by atoms with Gasteiger partial charge >= 0.3 is 0 Å². The summed E-state index contributed by atoms with van der Waals surface area (Å²) in [5, 5.41) is 0. The third kappa shape index (κ3) is 2.70. The van der Waals surface area contributed by atoms with Gasteiger partial charge in [0.1, 0.15) is 0 Å². The Hall–Kier alpha value is -0.860. The Morgan fingerprint density at radius 2 is 1.94 bits per heavy atom. The maximum atomic E-state index is 6.20. The highest BCUT2D eigenvalue weighted by Crippen LogP contribution is 2.40. The Morgan fingerprint density at radius 3 is 2.59 bits per heavy atom. The Morgan fingerprint density at radius 1 is 1.29 bits per heavy atom. The van der Waals surface area contributed by atoms with Crippen LogP contribution < -0.4 is 5.73 Å². The zero-order valence-electron chi connectivity index (χ0n) is 11.2. The van der Waals surface area contributed by atoms with Gasteiger partial charge in [-0.3, -0.25) is 4.90 Å². The van der Waals surface area contributed by atoms with Crippen LogP contribution in [0.1, 0.15) is 49.9 Å². The SMILES string of the molecule is CC(C)CCN(C)C1CC(N)c2ccccc21. The Bertz CT molecular complexity index is 373. The van der Waals surface area contributed by atoms with Crippen LogP contribution in [0.3, 0.4) is 0 Å². The number of benzene rings is 1. The third-order valence-corrected chi connectivity index (χ3v) is 3.82. The van der Waals surface area contributed by atoms with Gasteiger partial charge in [-0.05, 0) is 43.5 Å². The lowest BCUT2D eigenvalue weighted by atomic mass is 10.1. The minimum absolute atomic E-state index is 0.220. The first kappa shape index (κ1) is 12.6. The van der Waals surface area contributed by atoms with Gasteiger partial charge in [-0.2, -0.15) is 0 Å². The summed E-state index contributed by atoms with van der Waals surface area (Å²) < 4.78 is 0. The molecule has 2 atom stereocenters. The van der Waals surface area contributed by atoms with Crippen molar-refractivity contribution in [1.29, 1.82) is 0 Å². The number of hydrogen-bond donors (Lipinski definition) is 1. The smallest absolute Gasteiger partial charge is 0.0366 e. The van der Waals surface area contributed by atoms with Crippen molar-refractivity contribution in [3.63, 3.8) is 0 Å². The van der Waals surface area contributed by atoms with Gasteiger partial charge in [-0.25, -0.2) is 0 Å². The molecule has 1 aromatic carbocycles. The molecule has 2 N–H and O–H groups in total. The lowest BCUT2D eigenvalue weighted by Gasteiger charge is -2.26. The molecular formula is C15H24N2. The zero-order valence-corrected chi connectivity index (χ0v) is 11.2. The van der Waals surface area contributed by atoms with Crippen molar-refractivity contribution in [2.24, 2.45) is 11.7 Å². The van der Waals surface area contributed by atoms with Gasteiger partial charge in [-0.1, -0.05) is 38.1 Å². The van der Waals surface area contributed by atoms with Crippen molar-refractivity contribution in [1.82, 2.24) is 4.90 Å². The molecule has 2 unspecified atom stereocenters. The number of hydrogen-bond acceptors (Lipinski definition) is 2. The zero-order chi connectivity index (χ0) is 12.4. The van der Waals surface area contributed by atoms with Gasteiger partial charge in [0.05, 0.1) is 0 Å². The summed E-state index contributed by atoms with van der Waals surface area (Å²) in [7, 11) is 2.22. The van der Waals surface area contributed by atoms with E-state index in [-0.39, 0.29) is 6.04 Å². The van der Waals surface area contributed by atoms with Crippen molar-refractivity contribution >= 4 is 0 Å². The van der Waals surface area contributed by atoms with Gasteiger partial charge in [0, 0.05) is 12.1 Å². The summed E-state index contributed by atoms with van der Waals surface area (Å²) in [4.78, 5) is 2.46. The standard InChI is InChI=1S/C15H24N2/c1-11(2)8-9-17(3)15-10-14(16)12-6-4-5-7-13(12)15/h4-7,11,14-15H,8-10,16H2,1-3H3. The van der Waals surface area contributed by atoms with E-state index in [9.17, 15) is 0 Å². The van der Waals surface area contributed by atoms with Crippen LogP contribution in [0.5, 0.6) is 0 Å². The summed E-state index contributed by atoms with van der Waals surface area (Å²) in [5.41, 5.74) is 8.98. The summed E-state index contributed by atoms with van der Waals surface area (Å²) in [5.74, 6) is 0.766. The maximum Gasteiger partial charge on any atom is 0.0366 e. The molecule has 2 rings (SSSR count). The van der Waals surface area contributed by atoms with Crippen molar-refractivity contribution in [2.75, 3.05) is 13.6 Å².